The van der Waals surface area contributed by atoms with Gasteiger partial charge in [-0.25, -0.2) is 0 Å². The monoisotopic (exact) mass is 288 g/mol. The maximum Gasteiger partial charge on any atom is 0.188 e. The highest BCUT2D eigenvalue weighted by Gasteiger charge is 2.02. The standard InChI is InChI=1S/C17H20O4/c1-20-12-21-16-8-5-13(6-9-16)2-3-14-4-7-15(11-18)17(19)10-14/h4-10,18-19H,2-3,11-12H2,1H3. The summed E-state index contributed by atoms with van der Waals surface area (Å²) in [6.45, 7) is 0.102. The molecule has 0 aliphatic rings. The Hall–Kier alpha value is -2.04. The van der Waals surface area contributed by atoms with Crippen LogP contribution < -0.4 is 4.74 Å². The van der Waals surface area contributed by atoms with Crippen molar-refractivity contribution in [1.82, 2.24) is 0 Å². The van der Waals surface area contributed by atoms with Crippen molar-refractivity contribution in [2.45, 2.75) is 19.4 Å². The molecule has 0 atom stereocenters. The van der Waals surface area contributed by atoms with Crippen molar-refractivity contribution in [3.8, 4) is 11.5 Å². The summed E-state index contributed by atoms with van der Waals surface area (Å²) < 4.78 is 10.2. The normalized spacial score (nSPS) is 10.6. The van der Waals surface area contributed by atoms with Gasteiger partial charge in [0.1, 0.15) is 11.5 Å². The van der Waals surface area contributed by atoms with Gasteiger partial charge in [-0.1, -0.05) is 24.3 Å². The summed E-state index contributed by atoms with van der Waals surface area (Å²) in [5, 5.41) is 18.7. The third-order valence-corrected chi connectivity index (χ3v) is 3.29. The quantitative estimate of drug-likeness (QED) is 0.769. The van der Waals surface area contributed by atoms with E-state index in [9.17, 15) is 5.11 Å². The molecule has 0 saturated carbocycles. The average Bonchev–Trinajstić information content (AvgIpc) is 2.52. The Balaban J connectivity index is 1.92. The number of rotatable bonds is 7. The summed E-state index contributed by atoms with van der Waals surface area (Å²) in [5.41, 5.74) is 2.80. The Labute approximate surface area is 124 Å². The molecule has 0 spiro atoms. The zero-order valence-electron chi connectivity index (χ0n) is 12.1. The van der Waals surface area contributed by atoms with Gasteiger partial charge < -0.3 is 19.7 Å². The van der Waals surface area contributed by atoms with Crippen LogP contribution in [-0.4, -0.2) is 24.1 Å². The van der Waals surface area contributed by atoms with Gasteiger partial charge in [0.15, 0.2) is 6.79 Å². The number of methoxy groups -OCH3 is 1. The molecule has 4 heteroatoms. The van der Waals surface area contributed by atoms with Gasteiger partial charge in [0, 0.05) is 12.7 Å². The number of phenols is 1. The van der Waals surface area contributed by atoms with Gasteiger partial charge in [-0.3, -0.25) is 0 Å². The zero-order valence-corrected chi connectivity index (χ0v) is 12.1. The van der Waals surface area contributed by atoms with Gasteiger partial charge in [-0.05, 0) is 42.2 Å². The van der Waals surface area contributed by atoms with Crippen LogP contribution in [0, 0.1) is 0 Å². The molecule has 21 heavy (non-hydrogen) atoms. The lowest BCUT2D eigenvalue weighted by atomic mass is 10.0. The summed E-state index contributed by atoms with van der Waals surface area (Å²) >= 11 is 0. The molecule has 2 N–H and O–H groups in total. The number of ether oxygens (including phenoxy) is 2. The number of aliphatic hydroxyl groups excluding tert-OH is 1. The molecule has 0 radical (unpaired) electrons. The minimum atomic E-state index is -0.144. The number of aryl methyl sites for hydroxylation is 2. The van der Waals surface area contributed by atoms with E-state index in [2.05, 4.69) is 0 Å². The van der Waals surface area contributed by atoms with Crippen LogP contribution >= 0.6 is 0 Å². The minimum absolute atomic E-state index is 0.144. The number of aromatic hydroxyl groups is 1. The topological polar surface area (TPSA) is 58.9 Å². The van der Waals surface area contributed by atoms with Gasteiger partial charge in [0.25, 0.3) is 0 Å². The predicted molar refractivity (Wildman–Crippen MR) is 80.4 cm³/mol. The highest BCUT2D eigenvalue weighted by atomic mass is 16.7. The maximum atomic E-state index is 9.72. The van der Waals surface area contributed by atoms with Crippen LogP contribution in [0.25, 0.3) is 0 Å². The van der Waals surface area contributed by atoms with Gasteiger partial charge in [-0.15, -0.1) is 0 Å². The Morgan fingerprint density at radius 2 is 1.62 bits per heavy atom. The van der Waals surface area contributed by atoms with E-state index in [-0.39, 0.29) is 19.1 Å². The maximum absolute atomic E-state index is 9.72. The first-order valence-electron chi connectivity index (χ1n) is 6.85. The number of aliphatic hydroxyl groups is 1. The van der Waals surface area contributed by atoms with Crippen molar-refractivity contribution in [3.05, 3.63) is 59.2 Å². The molecule has 0 heterocycles. The lowest BCUT2D eigenvalue weighted by molar-refractivity contribution is 0.0511. The first-order valence-corrected chi connectivity index (χ1v) is 6.85. The smallest absolute Gasteiger partial charge is 0.188 e. The Morgan fingerprint density at radius 3 is 2.24 bits per heavy atom. The Bertz CT molecular complexity index is 564. The summed E-state index contributed by atoms with van der Waals surface area (Å²) in [6.07, 6.45) is 1.71. The molecule has 0 unspecified atom stereocenters. The van der Waals surface area contributed by atoms with Gasteiger partial charge >= 0.3 is 0 Å². The molecule has 4 nitrogen and oxygen atoms in total. The first kappa shape index (κ1) is 15.4. The van der Waals surface area contributed by atoms with Gasteiger partial charge in [-0.2, -0.15) is 0 Å². The summed E-state index contributed by atoms with van der Waals surface area (Å²) in [6, 6.07) is 13.3. The number of hydrogen-bond donors (Lipinski definition) is 2. The molecular formula is C17H20O4. The minimum Gasteiger partial charge on any atom is -0.508 e. The molecule has 112 valence electrons. The predicted octanol–water partition coefficient (Wildman–Crippen LogP) is 2.65. The van der Waals surface area contributed by atoms with Gasteiger partial charge in [0.2, 0.25) is 0 Å². The largest absolute Gasteiger partial charge is 0.508 e. The molecule has 0 aliphatic carbocycles. The van der Waals surface area contributed by atoms with Crippen LogP contribution in [0.4, 0.5) is 0 Å². The van der Waals surface area contributed by atoms with E-state index in [0.29, 0.717) is 5.56 Å². The third-order valence-electron chi connectivity index (χ3n) is 3.29. The highest BCUT2D eigenvalue weighted by Crippen LogP contribution is 2.20. The SMILES string of the molecule is COCOc1ccc(CCc2ccc(CO)c(O)c2)cc1. The first-order chi connectivity index (χ1) is 10.2. The van der Waals surface area contributed by atoms with Crippen molar-refractivity contribution in [1.29, 1.82) is 0 Å². The zero-order chi connectivity index (χ0) is 15.1. The summed E-state index contributed by atoms with van der Waals surface area (Å²) in [5.74, 6) is 0.934. The molecule has 0 amide bonds. The molecule has 2 aromatic rings. The average molecular weight is 288 g/mol. The number of hydrogen-bond acceptors (Lipinski definition) is 4. The Kier molecular flexibility index (Phi) is 5.60. The van der Waals surface area contributed by atoms with Crippen LogP contribution in [0.2, 0.25) is 0 Å². The lowest BCUT2D eigenvalue weighted by Gasteiger charge is -2.07. The Morgan fingerprint density at radius 1 is 0.952 bits per heavy atom. The van der Waals surface area contributed by atoms with E-state index in [1.807, 2.05) is 30.3 Å². The van der Waals surface area contributed by atoms with E-state index in [1.54, 1.807) is 19.2 Å². The summed E-state index contributed by atoms with van der Waals surface area (Å²) in [4.78, 5) is 0. The number of benzene rings is 2. The van der Waals surface area contributed by atoms with Crippen LogP contribution in [0.3, 0.4) is 0 Å². The molecule has 0 fully saturated rings. The van der Waals surface area contributed by atoms with Crippen LogP contribution in [-0.2, 0) is 24.2 Å². The molecule has 0 saturated heterocycles. The lowest BCUT2D eigenvalue weighted by Crippen LogP contribution is -1.99. The van der Waals surface area contributed by atoms with Crippen molar-refractivity contribution in [2.24, 2.45) is 0 Å². The molecule has 2 rings (SSSR count). The van der Waals surface area contributed by atoms with Crippen LogP contribution in [0.15, 0.2) is 42.5 Å². The van der Waals surface area contributed by atoms with Crippen molar-refractivity contribution in [2.75, 3.05) is 13.9 Å². The second-order valence-electron chi connectivity index (χ2n) is 4.82. The molecular weight excluding hydrogens is 268 g/mol. The fourth-order valence-electron chi connectivity index (χ4n) is 2.07. The van der Waals surface area contributed by atoms with E-state index < -0.39 is 0 Å². The summed E-state index contributed by atoms with van der Waals surface area (Å²) in [7, 11) is 1.59. The van der Waals surface area contributed by atoms with Crippen molar-refractivity contribution >= 4 is 0 Å². The fourth-order valence-corrected chi connectivity index (χ4v) is 2.07. The van der Waals surface area contributed by atoms with E-state index in [4.69, 9.17) is 14.6 Å². The van der Waals surface area contributed by atoms with E-state index in [0.717, 1.165) is 24.2 Å². The van der Waals surface area contributed by atoms with Crippen LogP contribution in [0.1, 0.15) is 16.7 Å². The highest BCUT2D eigenvalue weighted by molar-refractivity contribution is 5.36. The van der Waals surface area contributed by atoms with Crippen molar-refractivity contribution < 1.29 is 19.7 Å². The third kappa shape index (κ3) is 4.48. The molecule has 0 aliphatic heterocycles. The molecule has 0 aromatic heterocycles. The van der Waals surface area contributed by atoms with Crippen molar-refractivity contribution in [3.63, 3.8) is 0 Å². The van der Waals surface area contributed by atoms with Crippen LogP contribution in [0.5, 0.6) is 11.5 Å². The molecule has 0 bridgehead atoms. The molecule has 2 aromatic carbocycles. The van der Waals surface area contributed by atoms with E-state index >= 15 is 0 Å². The second-order valence-corrected chi connectivity index (χ2v) is 4.82. The second kappa shape index (κ2) is 7.67. The fraction of sp³-hybridized carbons (Fsp3) is 0.294. The van der Waals surface area contributed by atoms with E-state index in [1.165, 1.54) is 5.56 Å². The van der Waals surface area contributed by atoms with Gasteiger partial charge in [0.05, 0.1) is 6.61 Å².